The Morgan fingerprint density at radius 2 is 2.05 bits per heavy atom. The maximum Gasteiger partial charge on any atom is 0.141 e. The van der Waals surface area contributed by atoms with Crippen molar-refractivity contribution in [2.75, 3.05) is 26.3 Å². The number of nitrogens with two attached hydrogens (primary N) is 1. The van der Waals surface area contributed by atoms with Gasteiger partial charge in [0.2, 0.25) is 0 Å². The van der Waals surface area contributed by atoms with Crippen LogP contribution in [0.2, 0.25) is 0 Å². The smallest absolute Gasteiger partial charge is 0.141 e. The zero-order valence-corrected chi connectivity index (χ0v) is 10.8. The molecule has 1 heterocycles. The first-order chi connectivity index (χ1) is 9.29. The first-order valence-electron chi connectivity index (χ1n) is 6.40. The van der Waals surface area contributed by atoms with E-state index in [1.165, 1.54) is 0 Å². The Labute approximate surface area is 112 Å². The monoisotopic (exact) mass is 264 g/mol. The fourth-order valence-corrected chi connectivity index (χ4v) is 2.09. The van der Waals surface area contributed by atoms with Crippen LogP contribution in [0.4, 0.5) is 0 Å². The van der Waals surface area contributed by atoms with Gasteiger partial charge in [-0.25, -0.2) is 10.4 Å². The van der Waals surface area contributed by atoms with E-state index < -0.39 is 0 Å². The van der Waals surface area contributed by atoms with Gasteiger partial charge in [0.25, 0.3) is 0 Å². The highest BCUT2D eigenvalue weighted by Gasteiger charge is 2.18. The predicted molar refractivity (Wildman–Crippen MR) is 72.7 cm³/mol. The summed E-state index contributed by atoms with van der Waals surface area (Å²) >= 11 is 0. The van der Waals surface area contributed by atoms with Gasteiger partial charge in [0, 0.05) is 19.5 Å². The second-order valence-corrected chi connectivity index (χ2v) is 4.49. The number of ether oxygens (including phenoxy) is 1. The summed E-state index contributed by atoms with van der Waals surface area (Å²) in [5, 5.41) is 13.9. The Morgan fingerprint density at radius 3 is 2.68 bits per heavy atom. The Hall–Kier alpha value is -1.63. The minimum absolute atomic E-state index is 0.00444. The third-order valence-electron chi connectivity index (χ3n) is 3.09. The normalized spacial score (nSPS) is 19.3. The van der Waals surface area contributed by atoms with Crippen molar-refractivity contribution in [1.29, 1.82) is 0 Å². The van der Waals surface area contributed by atoms with Crippen LogP contribution < -0.4 is 11.2 Å². The molecule has 2 rings (SSSR count). The first kappa shape index (κ1) is 13.8. The molecule has 1 saturated heterocycles. The second kappa shape index (κ2) is 7.08. The Bertz CT molecular complexity index is 404. The number of rotatable bonds is 5. The average molecular weight is 264 g/mol. The lowest BCUT2D eigenvalue weighted by Gasteiger charge is -2.31. The molecule has 1 atom stereocenters. The number of hydrogen-bond donors (Lipinski definition) is 3. The largest absolute Gasteiger partial charge is 0.409 e. The lowest BCUT2D eigenvalue weighted by atomic mass is 10.0. The summed E-state index contributed by atoms with van der Waals surface area (Å²) in [5.74, 6) is 0.217. The maximum absolute atomic E-state index is 8.74. The molecule has 104 valence electrons. The number of hydrazine groups is 1. The third-order valence-corrected chi connectivity index (χ3v) is 3.09. The predicted octanol–water partition coefficient (Wildman–Crippen LogP) is 0.701. The van der Waals surface area contributed by atoms with Crippen LogP contribution in [0.3, 0.4) is 0 Å². The summed E-state index contributed by atoms with van der Waals surface area (Å²) in [6.07, 6.45) is 0.456. The van der Waals surface area contributed by atoms with E-state index in [4.69, 9.17) is 15.7 Å². The van der Waals surface area contributed by atoms with E-state index in [1.807, 2.05) is 30.3 Å². The molecule has 0 aromatic heterocycles. The molecule has 4 N–H and O–H groups in total. The molecular formula is C13H20N4O2. The van der Waals surface area contributed by atoms with Crippen molar-refractivity contribution in [3.63, 3.8) is 0 Å². The molecule has 1 aliphatic heterocycles. The summed E-state index contributed by atoms with van der Waals surface area (Å²) in [5.41, 5.74) is 10.2. The number of nitrogens with one attached hydrogen (secondary N) is 1. The van der Waals surface area contributed by atoms with Crippen LogP contribution in [0.25, 0.3) is 0 Å². The highest BCUT2D eigenvalue weighted by molar-refractivity contribution is 5.80. The molecule has 1 fully saturated rings. The van der Waals surface area contributed by atoms with E-state index in [0.29, 0.717) is 6.42 Å². The summed E-state index contributed by atoms with van der Waals surface area (Å²) in [6, 6.07) is 9.99. The van der Waals surface area contributed by atoms with Gasteiger partial charge in [0.05, 0.1) is 19.3 Å². The van der Waals surface area contributed by atoms with Crippen LogP contribution >= 0.6 is 0 Å². The number of morpholine rings is 1. The quantitative estimate of drug-likeness (QED) is 0.315. The van der Waals surface area contributed by atoms with E-state index >= 15 is 0 Å². The second-order valence-electron chi connectivity index (χ2n) is 4.49. The molecule has 0 spiro atoms. The first-order valence-corrected chi connectivity index (χ1v) is 6.40. The minimum Gasteiger partial charge on any atom is -0.409 e. The molecule has 1 aliphatic rings. The van der Waals surface area contributed by atoms with Gasteiger partial charge in [-0.3, -0.25) is 0 Å². The van der Waals surface area contributed by atoms with Crippen LogP contribution in [0.15, 0.2) is 35.5 Å². The van der Waals surface area contributed by atoms with E-state index in [-0.39, 0.29) is 11.9 Å². The molecule has 6 heteroatoms. The molecule has 6 nitrogen and oxygen atoms in total. The van der Waals surface area contributed by atoms with Gasteiger partial charge in [-0.1, -0.05) is 35.5 Å². The molecule has 0 aliphatic carbocycles. The molecule has 0 bridgehead atoms. The number of oxime groups is 1. The van der Waals surface area contributed by atoms with E-state index in [2.05, 4.69) is 15.6 Å². The summed E-state index contributed by atoms with van der Waals surface area (Å²) in [7, 11) is 0. The molecule has 19 heavy (non-hydrogen) atoms. The van der Waals surface area contributed by atoms with Crippen molar-refractivity contribution in [2.45, 2.75) is 12.5 Å². The zero-order valence-electron chi connectivity index (χ0n) is 10.8. The number of amidine groups is 1. The highest BCUT2D eigenvalue weighted by atomic mass is 16.5. The van der Waals surface area contributed by atoms with Crippen molar-refractivity contribution in [1.82, 2.24) is 10.4 Å². The molecule has 1 unspecified atom stereocenters. The molecule has 0 radical (unpaired) electrons. The van der Waals surface area contributed by atoms with E-state index in [9.17, 15) is 0 Å². The SMILES string of the molecule is N/C(CC(NN1CCOCC1)c1ccccc1)=N/O. The number of nitrogens with zero attached hydrogens (tertiary/aromatic N) is 2. The van der Waals surface area contributed by atoms with Crippen LogP contribution in [-0.4, -0.2) is 42.4 Å². The van der Waals surface area contributed by atoms with Gasteiger partial charge in [0.15, 0.2) is 0 Å². The number of hydrogen-bond acceptors (Lipinski definition) is 5. The Kier molecular flexibility index (Phi) is 5.14. The van der Waals surface area contributed by atoms with Crippen LogP contribution in [0, 0.1) is 0 Å². The van der Waals surface area contributed by atoms with Gasteiger partial charge >= 0.3 is 0 Å². The topological polar surface area (TPSA) is 83.1 Å². The molecule has 1 aromatic rings. The van der Waals surface area contributed by atoms with Crippen molar-refractivity contribution in [3.8, 4) is 0 Å². The van der Waals surface area contributed by atoms with Crippen LogP contribution in [0.5, 0.6) is 0 Å². The molecule has 1 aromatic carbocycles. The fraction of sp³-hybridized carbons (Fsp3) is 0.462. The molecular weight excluding hydrogens is 244 g/mol. The standard InChI is InChI=1S/C13H20N4O2/c14-13(16-18)10-12(11-4-2-1-3-5-11)15-17-6-8-19-9-7-17/h1-5,12,15,18H,6-10H2,(H2,14,16). The molecule has 0 amide bonds. The van der Waals surface area contributed by atoms with Crippen LogP contribution in [-0.2, 0) is 4.74 Å². The maximum atomic E-state index is 8.74. The van der Waals surface area contributed by atoms with Crippen molar-refractivity contribution >= 4 is 5.84 Å². The van der Waals surface area contributed by atoms with Crippen molar-refractivity contribution < 1.29 is 9.94 Å². The van der Waals surface area contributed by atoms with E-state index in [0.717, 1.165) is 31.9 Å². The summed E-state index contributed by atoms with van der Waals surface area (Å²) < 4.78 is 5.32. The third kappa shape index (κ3) is 4.20. The average Bonchev–Trinajstić information content (AvgIpc) is 2.48. The van der Waals surface area contributed by atoms with Gasteiger partial charge in [-0.15, -0.1) is 0 Å². The van der Waals surface area contributed by atoms with Crippen molar-refractivity contribution in [2.24, 2.45) is 10.9 Å². The zero-order chi connectivity index (χ0) is 13.5. The van der Waals surface area contributed by atoms with Gasteiger partial charge in [-0.05, 0) is 5.56 Å². The molecule has 0 saturated carbocycles. The fourth-order valence-electron chi connectivity index (χ4n) is 2.09. The lowest BCUT2D eigenvalue weighted by molar-refractivity contribution is 0.00383. The number of benzene rings is 1. The summed E-state index contributed by atoms with van der Waals surface area (Å²) in [6.45, 7) is 3.11. The lowest BCUT2D eigenvalue weighted by Crippen LogP contribution is -2.47. The summed E-state index contributed by atoms with van der Waals surface area (Å²) in [4.78, 5) is 0. The van der Waals surface area contributed by atoms with Gasteiger partial charge < -0.3 is 15.7 Å². The minimum atomic E-state index is -0.00444. The van der Waals surface area contributed by atoms with Gasteiger partial charge in [-0.2, -0.15) is 0 Å². The highest BCUT2D eigenvalue weighted by Crippen LogP contribution is 2.17. The van der Waals surface area contributed by atoms with Gasteiger partial charge in [0.1, 0.15) is 5.84 Å². The Morgan fingerprint density at radius 1 is 1.37 bits per heavy atom. The Balaban J connectivity index is 2.05. The van der Waals surface area contributed by atoms with Crippen LogP contribution in [0.1, 0.15) is 18.0 Å². The van der Waals surface area contributed by atoms with Crippen molar-refractivity contribution in [3.05, 3.63) is 35.9 Å². The van der Waals surface area contributed by atoms with E-state index in [1.54, 1.807) is 0 Å².